The Kier molecular flexibility index (Phi) is 3.10. The maximum absolute atomic E-state index is 12.3. The van der Waals surface area contributed by atoms with Gasteiger partial charge in [0.25, 0.3) is 5.79 Å². The summed E-state index contributed by atoms with van der Waals surface area (Å²) in [7, 11) is 0. The largest absolute Gasteiger partial charge is 0.508 e. The fourth-order valence-electron chi connectivity index (χ4n) is 2.49. The van der Waals surface area contributed by atoms with E-state index >= 15 is 0 Å². The lowest BCUT2D eigenvalue weighted by molar-refractivity contribution is -0.187. The number of ketones is 1. The van der Waals surface area contributed by atoms with Crippen LogP contribution < -0.4 is 4.74 Å². The molecule has 3 rings (SSSR count). The first-order chi connectivity index (χ1) is 10.7. The third kappa shape index (κ3) is 2.12. The molecule has 0 fully saturated rings. The molecule has 6 N–H and O–H groups in total. The van der Waals surface area contributed by atoms with Crippen molar-refractivity contribution in [1.29, 1.82) is 0 Å². The van der Waals surface area contributed by atoms with Crippen molar-refractivity contribution >= 4 is 5.78 Å². The lowest BCUT2D eigenvalue weighted by Gasteiger charge is -2.36. The summed E-state index contributed by atoms with van der Waals surface area (Å²) in [5.41, 5.74) is -0.946. The number of carbonyl (C=O) groups is 1. The van der Waals surface area contributed by atoms with Gasteiger partial charge >= 0.3 is 0 Å². The van der Waals surface area contributed by atoms with Gasteiger partial charge in [0.2, 0.25) is 5.78 Å². The van der Waals surface area contributed by atoms with Crippen LogP contribution in [-0.2, 0) is 0 Å². The number of aromatic hydroxyl groups is 4. The van der Waals surface area contributed by atoms with Crippen molar-refractivity contribution in [3.63, 3.8) is 0 Å². The highest BCUT2D eigenvalue weighted by atomic mass is 16.6. The Morgan fingerprint density at radius 3 is 2.17 bits per heavy atom. The van der Waals surface area contributed by atoms with E-state index in [-0.39, 0.29) is 5.75 Å². The molecule has 2 aromatic carbocycles. The first-order valence-electron chi connectivity index (χ1n) is 6.46. The maximum atomic E-state index is 12.3. The van der Waals surface area contributed by atoms with Gasteiger partial charge in [-0.1, -0.05) is 6.07 Å². The van der Waals surface area contributed by atoms with Crippen molar-refractivity contribution < 1.29 is 40.2 Å². The fraction of sp³-hybridized carbons (Fsp3) is 0.133. The van der Waals surface area contributed by atoms with Crippen LogP contribution in [0.5, 0.6) is 28.7 Å². The number of Topliss-reactive ketones (excluding diaryl/α,β-unsaturated/α-hetero) is 1. The van der Waals surface area contributed by atoms with E-state index < -0.39 is 51.8 Å². The van der Waals surface area contributed by atoms with Gasteiger partial charge in [-0.2, -0.15) is 0 Å². The first-order valence-corrected chi connectivity index (χ1v) is 6.46. The van der Waals surface area contributed by atoms with E-state index in [9.17, 15) is 35.4 Å². The van der Waals surface area contributed by atoms with Crippen LogP contribution in [0.25, 0.3) is 0 Å². The molecule has 0 amide bonds. The molecule has 23 heavy (non-hydrogen) atoms. The number of phenols is 4. The van der Waals surface area contributed by atoms with Crippen LogP contribution >= 0.6 is 0 Å². The lowest BCUT2D eigenvalue weighted by Crippen LogP contribution is -2.49. The molecule has 0 saturated heterocycles. The summed E-state index contributed by atoms with van der Waals surface area (Å²) in [5.74, 6) is -6.94. The highest BCUT2D eigenvalue weighted by molar-refractivity contribution is 6.07. The summed E-state index contributed by atoms with van der Waals surface area (Å²) in [4.78, 5) is 12.3. The SMILES string of the molecule is O=C1c2c(O)cc(O)cc2OC(c2c(O)cccc2O)C1(O)O. The van der Waals surface area contributed by atoms with E-state index in [1.165, 1.54) is 6.07 Å². The summed E-state index contributed by atoms with van der Waals surface area (Å²) < 4.78 is 5.27. The van der Waals surface area contributed by atoms with Gasteiger partial charge in [-0.3, -0.25) is 4.79 Å². The molecule has 0 saturated carbocycles. The molecule has 1 aliphatic rings. The van der Waals surface area contributed by atoms with Crippen molar-refractivity contribution in [3.8, 4) is 28.7 Å². The monoisotopic (exact) mass is 320 g/mol. The number of fused-ring (bicyclic) bond motifs is 1. The zero-order valence-electron chi connectivity index (χ0n) is 11.5. The summed E-state index contributed by atoms with van der Waals surface area (Å²) in [6.07, 6.45) is -1.87. The number of aliphatic hydroxyl groups is 2. The molecule has 0 aliphatic carbocycles. The summed E-state index contributed by atoms with van der Waals surface area (Å²) in [6.45, 7) is 0. The molecule has 1 unspecified atom stereocenters. The fourth-order valence-corrected chi connectivity index (χ4v) is 2.49. The molecule has 120 valence electrons. The van der Waals surface area contributed by atoms with Gasteiger partial charge in [0.05, 0.1) is 5.56 Å². The van der Waals surface area contributed by atoms with Crippen LogP contribution in [-0.4, -0.2) is 42.2 Å². The minimum atomic E-state index is -3.15. The van der Waals surface area contributed by atoms with Gasteiger partial charge < -0.3 is 35.4 Å². The highest BCUT2D eigenvalue weighted by Crippen LogP contribution is 2.48. The van der Waals surface area contributed by atoms with E-state index in [0.29, 0.717) is 0 Å². The minimum Gasteiger partial charge on any atom is -0.508 e. The van der Waals surface area contributed by atoms with Gasteiger partial charge in [-0.25, -0.2) is 0 Å². The normalized spacial score (nSPS) is 19.0. The standard InChI is InChI=1S/C15H12O8/c16-6-4-9(19)12-10(5-6)23-14(15(21,22)13(12)20)11-7(17)2-1-3-8(11)18/h1-5,14,16-19,21-22H. The van der Waals surface area contributed by atoms with Crippen molar-refractivity contribution in [2.75, 3.05) is 0 Å². The number of rotatable bonds is 1. The molecule has 2 aromatic rings. The Morgan fingerprint density at radius 1 is 0.957 bits per heavy atom. The van der Waals surface area contributed by atoms with E-state index in [2.05, 4.69) is 0 Å². The van der Waals surface area contributed by atoms with Gasteiger partial charge in [-0.05, 0) is 12.1 Å². The van der Waals surface area contributed by atoms with Crippen LogP contribution in [0.2, 0.25) is 0 Å². The van der Waals surface area contributed by atoms with E-state index in [1.807, 2.05) is 0 Å². The second-order valence-corrected chi connectivity index (χ2v) is 5.10. The Balaban J connectivity index is 2.23. The average Bonchev–Trinajstić information content (AvgIpc) is 2.43. The zero-order chi connectivity index (χ0) is 16.9. The second kappa shape index (κ2) is 4.77. The number of carbonyl (C=O) groups excluding carboxylic acids is 1. The summed E-state index contributed by atoms with van der Waals surface area (Å²) in [5, 5.41) is 59.2. The van der Waals surface area contributed by atoms with E-state index in [0.717, 1.165) is 24.3 Å². The molecule has 0 radical (unpaired) electrons. The molecule has 1 aliphatic heterocycles. The topological polar surface area (TPSA) is 148 Å². The molecule has 0 spiro atoms. The molecular formula is C15H12O8. The third-order valence-corrected chi connectivity index (χ3v) is 3.56. The van der Waals surface area contributed by atoms with Gasteiger partial charge in [-0.15, -0.1) is 0 Å². The van der Waals surface area contributed by atoms with Crippen molar-refractivity contribution in [2.45, 2.75) is 11.9 Å². The average molecular weight is 320 g/mol. The van der Waals surface area contributed by atoms with Gasteiger partial charge in [0.1, 0.15) is 34.3 Å². The molecule has 8 nitrogen and oxygen atoms in total. The predicted octanol–water partition coefficient (Wildman–Crippen LogP) is 0.506. The van der Waals surface area contributed by atoms with Crippen LogP contribution in [0.1, 0.15) is 22.0 Å². The third-order valence-electron chi connectivity index (χ3n) is 3.56. The van der Waals surface area contributed by atoms with E-state index in [1.54, 1.807) is 0 Å². The number of ether oxygens (including phenoxy) is 1. The number of phenolic OH excluding ortho intramolecular Hbond substituents is 4. The summed E-state index contributed by atoms with van der Waals surface area (Å²) in [6, 6.07) is 5.46. The molecular weight excluding hydrogens is 308 g/mol. The molecule has 8 heteroatoms. The van der Waals surface area contributed by atoms with Gasteiger partial charge in [0.15, 0.2) is 6.10 Å². The van der Waals surface area contributed by atoms with Crippen molar-refractivity contribution in [1.82, 2.24) is 0 Å². The van der Waals surface area contributed by atoms with E-state index in [4.69, 9.17) is 4.74 Å². The molecule has 1 atom stereocenters. The maximum Gasteiger partial charge on any atom is 0.272 e. The zero-order valence-corrected chi connectivity index (χ0v) is 11.5. The van der Waals surface area contributed by atoms with Crippen molar-refractivity contribution in [3.05, 3.63) is 41.5 Å². The van der Waals surface area contributed by atoms with Crippen LogP contribution in [0.15, 0.2) is 30.3 Å². The lowest BCUT2D eigenvalue weighted by atomic mass is 9.89. The molecule has 1 heterocycles. The predicted molar refractivity (Wildman–Crippen MR) is 74.4 cm³/mol. The number of benzene rings is 2. The minimum absolute atomic E-state index is 0.320. The second-order valence-electron chi connectivity index (χ2n) is 5.10. The van der Waals surface area contributed by atoms with Crippen LogP contribution in [0.3, 0.4) is 0 Å². The Bertz CT molecular complexity index is 791. The Morgan fingerprint density at radius 2 is 1.57 bits per heavy atom. The Labute approximate surface area is 129 Å². The highest BCUT2D eigenvalue weighted by Gasteiger charge is 2.53. The quantitative estimate of drug-likeness (QED) is 0.416. The van der Waals surface area contributed by atoms with Crippen molar-refractivity contribution in [2.24, 2.45) is 0 Å². The first kappa shape index (κ1) is 14.9. The smallest absolute Gasteiger partial charge is 0.272 e. The van der Waals surface area contributed by atoms with Crippen LogP contribution in [0.4, 0.5) is 0 Å². The Hall–Kier alpha value is -2.97. The number of hydrogen-bond acceptors (Lipinski definition) is 8. The van der Waals surface area contributed by atoms with Gasteiger partial charge in [0, 0.05) is 12.1 Å². The molecule has 0 aromatic heterocycles. The number of hydrogen-bond donors (Lipinski definition) is 6. The van der Waals surface area contributed by atoms with Crippen LogP contribution in [0, 0.1) is 0 Å². The molecule has 0 bridgehead atoms. The summed E-state index contributed by atoms with van der Waals surface area (Å²) >= 11 is 0.